The molecule has 1 aliphatic rings. The number of ether oxygens (including phenoxy) is 2. The number of allylic oxidation sites excluding steroid dienone is 2. The minimum atomic E-state index is -1.55. The van der Waals surface area contributed by atoms with Crippen LogP contribution in [-0.4, -0.2) is 87.5 Å². The van der Waals surface area contributed by atoms with Crippen molar-refractivity contribution in [2.45, 2.75) is 243 Å². The van der Waals surface area contributed by atoms with Gasteiger partial charge in [-0.25, -0.2) is 0 Å². The Kier molecular flexibility index (Phi) is 32.4. The quantitative estimate of drug-likeness (QED) is 0.0277. The van der Waals surface area contributed by atoms with Crippen molar-refractivity contribution < 1.29 is 39.8 Å². The van der Waals surface area contributed by atoms with Crippen molar-refractivity contribution in [3.8, 4) is 0 Å². The fourth-order valence-electron chi connectivity index (χ4n) is 7.04. The zero-order valence-electron chi connectivity index (χ0n) is 33.6. The third-order valence-electron chi connectivity index (χ3n) is 10.6. The lowest BCUT2D eigenvalue weighted by molar-refractivity contribution is -0.302. The first kappa shape index (κ1) is 48.9. The van der Waals surface area contributed by atoms with E-state index < -0.39 is 49.5 Å². The van der Waals surface area contributed by atoms with Gasteiger partial charge in [-0.1, -0.05) is 167 Å². The van der Waals surface area contributed by atoms with E-state index in [4.69, 9.17) is 9.47 Å². The van der Waals surface area contributed by atoms with Gasteiger partial charge in [0.2, 0.25) is 5.91 Å². The zero-order valence-corrected chi connectivity index (χ0v) is 33.6. The van der Waals surface area contributed by atoms with Crippen molar-refractivity contribution in [1.82, 2.24) is 5.32 Å². The number of carbonyl (C=O) groups is 1. The summed E-state index contributed by atoms with van der Waals surface area (Å²) in [7, 11) is 0. The molecule has 1 heterocycles. The van der Waals surface area contributed by atoms with Crippen LogP contribution in [0.3, 0.4) is 0 Å². The van der Waals surface area contributed by atoms with E-state index in [2.05, 4.69) is 31.3 Å². The summed E-state index contributed by atoms with van der Waals surface area (Å²) in [6, 6.07) is -0.727. The molecule has 1 saturated heterocycles. The van der Waals surface area contributed by atoms with Gasteiger partial charge in [-0.15, -0.1) is 0 Å². The van der Waals surface area contributed by atoms with E-state index in [0.717, 1.165) is 44.9 Å². The van der Waals surface area contributed by atoms with Crippen LogP contribution in [0.5, 0.6) is 0 Å². The van der Waals surface area contributed by atoms with E-state index in [1.54, 1.807) is 0 Å². The predicted octanol–water partition coefficient (Wildman–Crippen LogP) is 8.56. The molecule has 0 spiro atoms. The molecule has 1 rings (SSSR count). The fraction of sp³-hybridized carbons (Fsp3) is 0.930. The molecule has 1 amide bonds. The van der Waals surface area contributed by atoms with E-state index in [-0.39, 0.29) is 12.5 Å². The number of nitrogens with one attached hydrogen (secondary N) is 1. The van der Waals surface area contributed by atoms with Gasteiger partial charge in [0.05, 0.1) is 25.4 Å². The molecule has 0 aliphatic carbocycles. The van der Waals surface area contributed by atoms with Gasteiger partial charge in [0.15, 0.2) is 6.29 Å². The molecule has 0 aromatic carbocycles. The molecule has 52 heavy (non-hydrogen) atoms. The molecular formula is C43H83NO8. The SMILES string of the molecule is CCCCC/C=C/CCCC[C@@H](O)[C@H](CO[C@H]1O[C@@H](CO)[C@H](O)C(O)C1O)NC(=O)CCCCCCCCCCCCCCCCCCCCCC. The number of aliphatic hydroxyl groups excluding tert-OH is 5. The third-order valence-corrected chi connectivity index (χ3v) is 10.6. The van der Waals surface area contributed by atoms with Crippen LogP contribution in [0.15, 0.2) is 12.2 Å². The Labute approximate surface area is 318 Å². The Morgan fingerprint density at radius 1 is 0.635 bits per heavy atom. The zero-order chi connectivity index (χ0) is 38.1. The first-order chi connectivity index (χ1) is 25.3. The van der Waals surface area contributed by atoms with Crippen LogP contribution in [0.4, 0.5) is 0 Å². The summed E-state index contributed by atoms with van der Waals surface area (Å²) < 4.78 is 11.2. The van der Waals surface area contributed by atoms with Crippen LogP contribution in [-0.2, 0) is 14.3 Å². The normalized spacial score (nSPS) is 21.9. The van der Waals surface area contributed by atoms with Gasteiger partial charge < -0.3 is 40.3 Å². The molecule has 0 radical (unpaired) electrons. The average molecular weight is 742 g/mol. The summed E-state index contributed by atoms with van der Waals surface area (Å²) in [5.41, 5.74) is 0. The lowest BCUT2D eigenvalue weighted by Crippen LogP contribution is -2.60. The van der Waals surface area contributed by atoms with Crippen LogP contribution < -0.4 is 5.32 Å². The molecule has 1 fully saturated rings. The van der Waals surface area contributed by atoms with Gasteiger partial charge in [-0.05, 0) is 38.5 Å². The fourth-order valence-corrected chi connectivity index (χ4v) is 7.04. The number of hydrogen-bond acceptors (Lipinski definition) is 8. The van der Waals surface area contributed by atoms with E-state index in [9.17, 15) is 30.3 Å². The molecule has 9 nitrogen and oxygen atoms in total. The van der Waals surface area contributed by atoms with Crippen molar-refractivity contribution in [3.05, 3.63) is 12.2 Å². The Morgan fingerprint density at radius 2 is 1.08 bits per heavy atom. The maximum atomic E-state index is 12.9. The van der Waals surface area contributed by atoms with Gasteiger partial charge >= 0.3 is 0 Å². The second kappa shape index (κ2) is 34.4. The van der Waals surface area contributed by atoms with Crippen LogP contribution in [0.1, 0.15) is 200 Å². The van der Waals surface area contributed by atoms with Crippen LogP contribution in [0, 0.1) is 0 Å². The van der Waals surface area contributed by atoms with Crippen molar-refractivity contribution in [2.75, 3.05) is 13.2 Å². The molecule has 2 unspecified atom stereocenters. The van der Waals surface area contributed by atoms with Gasteiger partial charge in [0.1, 0.15) is 24.4 Å². The highest BCUT2D eigenvalue weighted by molar-refractivity contribution is 5.76. The van der Waals surface area contributed by atoms with Crippen molar-refractivity contribution in [2.24, 2.45) is 0 Å². The first-order valence-electron chi connectivity index (χ1n) is 21.9. The maximum Gasteiger partial charge on any atom is 0.220 e. The Balaban J connectivity index is 2.27. The van der Waals surface area contributed by atoms with Gasteiger partial charge in [-0.3, -0.25) is 4.79 Å². The van der Waals surface area contributed by atoms with Crippen LogP contribution >= 0.6 is 0 Å². The van der Waals surface area contributed by atoms with Crippen molar-refractivity contribution in [1.29, 1.82) is 0 Å². The van der Waals surface area contributed by atoms with E-state index in [0.29, 0.717) is 12.8 Å². The second-order valence-corrected chi connectivity index (χ2v) is 15.5. The minimum Gasteiger partial charge on any atom is -0.394 e. The maximum absolute atomic E-state index is 12.9. The molecule has 6 N–H and O–H groups in total. The second-order valence-electron chi connectivity index (χ2n) is 15.5. The number of amides is 1. The molecule has 308 valence electrons. The average Bonchev–Trinajstić information content (AvgIpc) is 3.14. The summed E-state index contributed by atoms with van der Waals surface area (Å²) in [5, 5.41) is 54.1. The monoisotopic (exact) mass is 742 g/mol. The predicted molar refractivity (Wildman–Crippen MR) is 212 cm³/mol. The third kappa shape index (κ3) is 25.1. The van der Waals surface area contributed by atoms with E-state index in [1.165, 1.54) is 128 Å². The van der Waals surface area contributed by atoms with Gasteiger partial charge in [0.25, 0.3) is 0 Å². The van der Waals surface area contributed by atoms with Gasteiger partial charge in [-0.2, -0.15) is 0 Å². The Morgan fingerprint density at radius 3 is 1.56 bits per heavy atom. The summed E-state index contributed by atoms with van der Waals surface area (Å²) in [5.74, 6) is -0.154. The van der Waals surface area contributed by atoms with Crippen LogP contribution in [0.25, 0.3) is 0 Å². The number of carbonyl (C=O) groups excluding carboxylic acids is 1. The number of aliphatic hydroxyl groups is 5. The first-order valence-corrected chi connectivity index (χ1v) is 21.9. The van der Waals surface area contributed by atoms with Gasteiger partial charge in [0, 0.05) is 6.42 Å². The Hall–Kier alpha value is -1.07. The minimum absolute atomic E-state index is 0.147. The van der Waals surface area contributed by atoms with Crippen LogP contribution in [0.2, 0.25) is 0 Å². The topological polar surface area (TPSA) is 149 Å². The molecular weight excluding hydrogens is 658 g/mol. The number of rotatable bonds is 36. The van der Waals surface area contributed by atoms with Crippen molar-refractivity contribution >= 4 is 5.91 Å². The number of hydrogen-bond donors (Lipinski definition) is 6. The highest BCUT2D eigenvalue weighted by Crippen LogP contribution is 2.23. The summed E-state index contributed by atoms with van der Waals surface area (Å²) in [4.78, 5) is 12.9. The molecule has 0 aromatic heterocycles. The molecule has 1 aliphatic heterocycles. The smallest absolute Gasteiger partial charge is 0.220 e. The van der Waals surface area contributed by atoms with E-state index in [1.807, 2.05) is 0 Å². The highest BCUT2D eigenvalue weighted by atomic mass is 16.7. The van der Waals surface area contributed by atoms with E-state index >= 15 is 0 Å². The Bertz CT molecular complexity index is 827. The molecule has 9 heteroatoms. The summed E-state index contributed by atoms with van der Waals surface area (Å²) in [6.45, 7) is 3.77. The standard InChI is InChI=1S/C43H83NO8/c1-3-5-7-9-11-13-14-15-16-17-18-19-20-21-22-23-25-27-29-31-33-39(47)44-36(37(46)32-30-28-26-24-12-10-8-6-4-2)35-51-43-42(50)41(49)40(48)38(34-45)52-43/h12,24,36-38,40-43,45-46,48-50H,3-11,13-23,25-35H2,1-2H3,(H,44,47)/b24-12+/t36-,37+,38-,40-,41?,42?,43-/m0/s1. The summed E-state index contributed by atoms with van der Waals surface area (Å²) >= 11 is 0. The molecule has 0 bridgehead atoms. The molecule has 0 aromatic rings. The van der Waals surface area contributed by atoms with Crippen molar-refractivity contribution in [3.63, 3.8) is 0 Å². The number of unbranched alkanes of at least 4 members (excludes halogenated alkanes) is 24. The molecule has 0 saturated carbocycles. The summed E-state index contributed by atoms with van der Waals surface area (Å²) in [6.07, 6.45) is 30.9. The highest BCUT2D eigenvalue weighted by Gasteiger charge is 2.44. The largest absolute Gasteiger partial charge is 0.394 e. The lowest BCUT2D eigenvalue weighted by Gasteiger charge is -2.40. The molecule has 7 atom stereocenters. The lowest BCUT2D eigenvalue weighted by atomic mass is 9.99.